The van der Waals surface area contributed by atoms with Crippen molar-refractivity contribution in [2.24, 2.45) is 0 Å². The fourth-order valence-electron chi connectivity index (χ4n) is 6.12. The largest absolute Gasteiger partial charge is 0.472 e. The van der Waals surface area contributed by atoms with Crippen LogP contribution in [0.4, 0.5) is 0 Å². The van der Waals surface area contributed by atoms with Gasteiger partial charge >= 0.3 is 7.82 Å². The summed E-state index contributed by atoms with van der Waals surface area (Å²) in [5.74, 6) is -0.597. The van der Waals surface area contributed by atoms with Gasteiger partial charge in [0, 0.05) is 0 Å². The van der Waals surface area contributed by atoms with Gasteiger partial charge in [-0.1, -0.05) is 135 Å². The number of allylic oxidation sites excluding steroid dienone is 1. The smallest absolute Gasteiger partial charge is 0.393 e. The molecule has 50 heavy (non-hydrogen) atoms. The van der Waals surface area contributed by atoms with Crippen LogP contribution in [0.5, 0.6) is 0 Å². The Hall–Kier alpha value is -0.960. The number of aliphatic hydroxyl groups is 7. The van der Waals surface area contributed by atoms with Crippen molar-refractivity contribution >= 4 is 13.7 Å². The normalized spacial score (nSPS) is 25.7. The summed E-state index contributed by atoms with van der Waals surface area (Å²) in [6.07, 6.45) is 10.7. The average molecular weight is 740 g/mol. The Morgan fingerprint density at radius 3 is 1.64 bits per heavy atom. The zero-order valence-corrected chi connectivity index (χ0v) is 31.5. The van der Waals surface area contributed by atoms with Gasteiger partial charge in [-0.05, 0) is 19.3 Å². The van der Waals surface area contributed by atoms with Gasteiger partial charge in [-0.2, -0.15) is 0 Å². The second kappa shape index (κ2) is 27.6. The number of aliphatic hydroxyl groups excluding tert-OH is 7. The van der Waals surface area contributed by atoms with E-state index in [1.165, 1.54) is 63.9 Å². The number of amides is 1. The highest BCUT2D eigenvalue weighted by Gasteiger charge is 2.51. The van der Waals surface area contributed by atoms with Crippen LogP contribution < -0.4 is 5.32 Å². The van der Waals surface area contributed by atoms with Crippen LogP contribution in [0.25, 0.3) is 0 Å². The Bertz CT molecular complexity index is 927. The van der Waals surface area contributed by atoms with Gasteiger partial charge in [0.15, 0.2) is 0 Å². The molecule has 13 nitrogen and oxygen atoms in total. The maximum Gasteiger partial charge on any atom is 0.472 e. The Morgan fingerprint density at radius 2 is 1.14 bits per heavy atom. The van der Waals surface area contributed by atoms with Gasteiger partial charge in [-0.15, -0.1) is 0 Å². The first-order valence-corrected chi connectivity index (χ1v) is 20.7. The zero-order chi connectivity index (χ0) is 37.4. The molecule has 0 bridgehead atoms. The molecule has 0 aromatic carbocycles. The molecule has 8 atom stereocenters. The van der Waals surface area contributed by atoms with E-state index in [1.54, 1.807) is 6.08 Å². The maximum absolute atomic E-state index is 12.8. The Morgan fingerprint density at radius 1 is 0.700 bits per heavy atom. The number of carbonyl (C=O) groups is 1. The number of phosphoric ester groups is 1. The molecular weight excluding hydrogens is 669 g/mol. The summed E-state index contributed by atoms with van der Waals surface area (Å²) < 4.78 is 22.6. The number of hydrogen-bond acceptors (Lipinski definition) is 11. The maximum atomic E-state index is 12.8. The second-order valence-electron chi connectivity index (χ2n) is 14.0. The van der Waals surface area contributed by atoms with E-state index >= 15 is 0 Å². The summed E-state index contributed by atoms with van der Waals surface area (Å²) in [6.45, 7) is 3.62. The summed E-state index contributed by atoms with van der Waals surface area (Å²) >= 11 is 0. The molecule has 9 N–H and O–H groups in total. The lowest BCUT2D eigenvalue weighted by molar-refractivity contribution is -0.220. The van der Waals surface area contributed by atoms with Crippen molar-refractivity contribution in [1.82, 2.24) is 5.32 Å². The number of hydrogen-bond donors (Lipinski definition) is 9. The summed E-state index contributed by atoms with van der Waals surface area (Å²) in [7, 11) is -5.12. The minimum Gasteiger partial charge on any atom is -0.393 e. The number of rotatable bonds is 30. The molecule has 0 saturated heterocycles. The average Bonchev–Trinajstić information content (AvgIpc) is 3.08. The first kappa shape index (κ1) is 47.1. The quantitative estimate of drug-likeness (QED) is 0.0286. The molecule has 14 heteroatoms. The van der Waals surface area contributed by atoms with Crippen molar-refractivity contribution in [1.29, 1.82) is 0 Å². The third kappa shape index (κ3) is 20.3. The van der Waals surface area contributed by atoms with Crippen LogP contribution >= 0.6 is 7.82 Å². The van der Waals surface area contributed by atoms with Gasteiger partial charge in [-0.3, -0.25) is 13.8 Å². The van der Waals surface area contributed by atoms with Gasteiger partial charge in [0.05, 0.1) is 31.3 Å². The standard InChI is InChI=1S/C36H70NO12P/c1-3-5-7-9-11-12-13-14-15-16-18-19-21-23-27(38)25-30(40)37-28(29(39)24-22-20-17-10-8-6-4-2)26-48-50(46,47)49-36-34(44)32(42)31(41)33(43)35(36)45/h22,24,27-29,31-36,38-39,41-45H,3-21,23,25-26H2,1-2H3,(H,37,40)(H,46,47)/b24-22+. The Balaban J connectivity index is 2.59. The van der Waals surface area contributed by atoms with Crippen LogP contribution in [0.15, 0.2) is 12.2 Å². The van der Waals surface area contributed by atoms with Crippen LogP contribution in [0.1, 0.15) is 149 Å². The molecular formula is C36H70NO12P. The molecule has 0 heterocycles. The van der Waals surface area contributed by atoms with Crippen LogP contribution in [0.3, 0.4) is 0 Å². The van der Waals surface area contributed by atoms with Crippen molar-refractivity contribution in [2.75, 3.05) is 6.61 Å². The minimum absolute atomic E-state index is 0.242. The number of phosphoric acid groups is 1. The van der Waals surface area contributed by atoms with Crippen molar-refractivity contribution in [3.63, 3.8) is 0 Å². The topological polar surface area (TPSA) is 226 Å². The lowest BCUT2D eigenvalue weighted by Crippen LogP contribution is -2.64. The molecule has 1 rings (SSSR count). The predicted molar refractivity (Wildman–Crippen MR) is 192 cm³/mol. The lowest BCUT2D eigenvalue weighted by atomic mass is 9.85. The summed E-state index contributed by atoms with van der Waals surface area (Å²) in [6, 6.07) is -1.23. The first-order chi connectivity index (χ1) is 23.8. The van der Waals surface area contributed by atoms with Crippen molar-refractivity contribution in [2.45, 2.75) is 204 Å². The first-order valence-electron chi connectivity index (χ1n) is 19.2. The van der Waals surface area contributed by atoms with Crippen LogP contribution in [0.2, 0.25) is 0 Å². The molecule has 8 unspecified atom stereocenters. The zero-order valence-electron chi connectivity index (χ0n) is 30.6. The molecule has 296 valence electrons. The van der Waals surface area contributed by atoms with E-state index in [0.29, 0.717) is 12.8 Å². The minimum atomic E-state index is -5.12. The SMILES string of the molecule is CCCCCCC/C=C/C(O)C(COP(=O)(O)OC1C(O)C(O)C(O)C(O)C1O)NC(=O)CC(O)CCCCCCCCCCCCCCC. The van der Waals surface area contributed by atoms with Crippen molar-refractivity contribution < 1.29 is 59.0 Å². The van der Waals surface area contributed by atoms with E-state index < -0.39 is 75.2 Å². The Kier molecular flexibility index (Phi) is 26.0. The highest BCUT2D eigenvalue weighted by atomic mass is 31.2. The number of carbonyl (C=O) groups excluding carboxylic acids is 1. The molecule has 0 aliphatic heterocycles. The van der Waals surface area contributed by atoms with E-state index in [4.69, 9.17) is 9.05 Å². The summed E-state index contributed by atoms with van der Waals surface area (Å²) in [5.41, 5.74) is 0. The fraction of sp³-hybridized carbons (Fsp3) is 0.917. The third-order valence-electron chi connectivity index (χ3n) is 9.37. The van der Waals surface area contributed by atoms with E-state index in [1.807, 2.05) is 0 Å². The van der Waals surface area contributed by atoms with Crippen molar-refractivity contribution in [3.8, 4) is 0 Å². The third-order valence-corrected chi connectivity index (χ3v) is 10.4. The van der Waals surface area contributed by atoms with Crippen molar-refractivity contribution in [3.05, 3.63) is 12.2 Å². The monoisotopic (exact) mass is 739 g/mol. The molecule has 1 amide bonds. The van der Waals surface area contributed by atoms with E-state index in [2.05, 4.69) is 19.2 Å². The predicted octanol–water partition coefficient (Wildman–Crippen LogP) is 4.30. The lowest BCUT2D eigenvalue weighted by Gasteiger charge is -2.41. The molecule has 0 aromatic rings. The Labute approximate surface area is 300 Å². The highest BCUT2D eigenvalue weighted by molar-refractivity contribution is 7.47. The van der Waals surface area contributed by atoms with Crippen LogP contribution in [0, 0.1) is 0 Å². The fourth-order valence-corrected chi connectivity index (χ4v) is 7.09. The van der Waals surface area contributed by atoms with Crippen LogP contribution in [-0.4, -0.2) is 108 Å². The van der Waals surface area contributed by atoms with E-state index in [0.717, 1.165) is 57.8 Å². The number of nitrogens with one attached hydrogen (secondary N) is 1. The van der Waals surface area contributed by atoms with Gasteiger partial charge < -0.3 is 46.0 Å². The van der Waals surface area contributed by atoms with Gasteiger partial charge in [0.2, 0.25) is 5.91 Å². The molecule has 0 radical (unpaired) electrons. The van der Waals surface area contributed by atoms with E-state index in [-0.39, 0.29) is 6.42 Å². The summed E-state index contributed by atoms with van der Waals surface area (Å²) in [5, 5.41) is 73.8. The molecule has 1 aliphatic rings. The molecule has 1 fully saturated rings. The number of unbranched alkanes of at least 4 members (excludes halogenated alkanes) is 17. The van der Waals surface area contributed by atoms with Gasteiger partial charge in [0.1, 0.15) is 36.6 Å². The molecule has 1 saturated carbocycles. The second-order valence-corrected chi connectivity index (χ2v) is 15.4. The van der Waals surface area contributed by atoms with Gasteiger partial charge in [-0.25, -0.2) is 4.57 Å². The van der Waals surface area contributed by atoms with Gasteiger partial charge in [0.25, 0.3) is 0 Å². The highest BCUT2D eigenvalue weighted by Crippen LogP contribution is 2.47. The summed E-state index contributed by atoms with van der Waals surface area (Å²) in [4.78, 5) is 23.2. The van der Waals surface area contributed by atoms with Crippen LogP contribution in [-0.2, 0) is 18.4 Å². The molecule has 0 aromatic heterocycles. The molecule has 0 spiro atoms. The van der Waals surface area contributed by atoms with E-state index in [9.17, 15) is 50.0 Å². The molecule has 1 aliphatic carbocycles.